The van der Waals surface area contributed by atoms with Crippen molar-refractivity contribution < 1.29 is 9.47 Å². The van der Waals surface area contributed by atoms with Crippen LogP contribution in [-0.2, 0) is 9.47 Å². The van der Waals surface area contributed by atoms with Crippen molar-refractivity contribution in [3.05, 3.63) is 36.0 Å². The molecule has 1 aliphatic heterocycles. The number of ether oxygens (including phenoxy) is 2. The van der Waals surface area contributed by atoms with E-state index in [0.29, 0.717) is 0 Å². The molecule has 1 aromatic carbocycles. The van der Waals surface area contributed by atoms with Gasteiger partial charge in [-0.2, -0.15) is 0 Å². The highest BCUT2D eigenvalue weighted by molar-refractivity contribution is 5.91. The lowest BCUT2D eigenvalue weighted by atomic mass is 9.94. The van der Waals surface area contributed by atoms with E-state index in [9.17, 15) is 0 Å². The third-order valence-electron chi connectivity index (χ3n) is 4.28. The van der Waals surface area contributed by atoms with Gasteiger partial charge in [0, 0.05) is 56.5 Å². The van der Waals surface area contributed by atoms with Crippen LogP contribution in [0.1, 0.15) is 18.5 Å². The molecule has 0 unspecified atom stereocenters. The van der Waals surface area contributed by atoms with Crippen molar-refractivity contribution in [2.24, 2.45) is 0 Å². The maximum Gasteiger partial charge on any atom is 0.0893 e. The second-order valence-electron chi connectivity index (χ2n) is 5.68. The predicted octanol–water partition coefficient (Wildman–Crippen LogP) is 3.15. The second-order valence-corrected chi connectivity index (χ2v) is 5.68. The van der Waals surface area contributed by atoms with E-state index in [-0.39, 0.29) is 5.60 Å². The molecule has 112 valence electrons. The monoisotopic (exact) mass is 286 g/mol. The molecule has 0 radical (unpaired) electrons. The fourth-order valence-corrected chi connectivity index (χ4v) is 2.91. The summed E-state index contributed by atoms with van der Waals surface area (Å²) in [7, 11) is 1.79. The molecule has 4 heteroatoms. The first-order valence-electron chi connectivity index (χ1n) is 7.46. The molecular formula is C17H22N2O2. The number of benzene rings is 1. The van der Waals surface area contributed by atoms with Crippen molar-refractivity contribution in [1.29, 1.82) is 0 Å². The van der Waals surface area contributed by atoms with Crippen LogP contribution in [0, 0.1) is 6.92 Å². The van der Waals surface area contributed by atoms with Crippen LogP contribution in [0.3, 0.4) is 0 Å². The summed E-state index contributed by atoms with van der Waals surface area (Å²) in [6, 6.07) is 10.3. The molecule has 0 bridgehead atoms. The van der Waals surface area contributed by atoms with Gasteiger partial charge in [-0.3, -0.25) is 4.98 Å². The Morgan fingerprint density at radius 3 is 2.81 bits per heavy atom. The fraction of sp³-hybridized carbons (Fsp3) is 0.471. The molecule has 2 heterocycles. The molecule has 0 aliphatic carbocycles. The van der Waals surface area contributed by atoms with Gasteiger partial charge < -0.3 is 14.8 Å². The number of para-hydroxylation sites is 1. The molecule has 0 saturated carbocycles. The molecule has 4 nitrogen and oxygen atoms in total. The number of nitrogens with one attached hydrogen (secondary N) is 1. The summed E-state index contributed by atoms with van der Waals surface area (Å²) in [5.41, 5.74) is 3.05. The van der Waals surface area contributed by atoms with Gasteiger partial charge in [0.2, 0.25) is 0 Å². The maximum atomic E-state index is 5.78. The quantitative estimate of drug-likeness (QED) is 0.937. The van der Waals surface area contributed by atoms with E-state index >= 15 is 0 Å². The molecule has 1 N–H and O–H groups in total. The van der Waals surface area contributed by atoms with E-state index in [0.717, 1.165) is 54.9 Å². The van der Waals surface area contributed by atoms with E-state index < -0.39 is 0 Å². The molecule has 3 rings (SSSR count). The Balaban J connectivity index is 1.84. The largest absolute Gasteiger partial charge is 0.382 e. The lowest BCUT2D eigenvalue weighted by Crippen LogP contribution is -2.44. The van der Waals surface area contributed by atoms with Gasteiger partial charge in [0.25, 0.3) is 0 Å². The number of hydrogen-bond acceptors (Lipinski definition) is 4. The van der Waals surface area contributed by atoms with E-state index in [1.807, 2.05) is 25.1 Å². The molecule has 2 aromatic rings. The molecular weight excluding hydrogens is 264 g/mol. The molecule has 1 saturated heterocycles. The Morgan fingerprint density at radius 1 is 1.29 bits per heavy atom. The van der Waals surface area contributed by atoms with Crippen LogP contribution in [0.4, 0.5) is 5.69 Å². The van der Waals surface area contributed by atoms with Crippen LogP contribution in [-0.4, -0.2) is 37.5 Å². The van der Waals surface area contributed by atoms with Crippen molar-refractivity contribution in [3.8, 4) is 0 Å². The second kappa shape index (κ2) is 6.00. The lowest BCUT2D eigenvalue weighted by Gasteiger charge is -2.36. The highest BCUT2D eigenvalue weighted by Crippen LogP contribution is 2.28. The maximum absolute atomic E-state index is 5.78. The van der Waals surface area contributed by atoms with Crippen LogP contribution in [0.2, 0.25) is 0 Å². The first kappa shape index (κ1) is 14.3. The van der Waals surface area contributed by atoms with Crippen LogP contribution in [0.15, 0.2) is 30.3 Å². The Morgan fingerprint density at radius 2 is 2.05 bits per heavy atom. The number of aryl methyl sites for hydroxylation is 1. The number of pyridine rings is 1. The minimum atomic E-state index is -0.128. The van der Waals surface area contributed by atoms with Crippen molar-refractivity contribution >= 4 is 16.6 Å². The van der Waals surface area contributed by atoms with Gasteiger partial charge in [0.05, 0.1) is 11.1 Å². The first-order chi connectivity index (χ1) is 10.2. The summed E-state index contributed by atoms with van der Waals surface area (Å²) >= 11 is 0. The predicted molar refractivity (Wildman–Crippen MR) is 84.8 cm³/mol. The summed E-state index contributed by atoms with van der Waals surface area (Å²) in [6.45, 7) is 4.36. The van der Waals surface area contributed by atoms with Crippen LogP contribution in [0.25, 0.3) is 10.9 Å². The van der Waals surface area contributed by atoms with Crippen LogP contribution >= 0.6 is 0 Å². The third kappa shape index (κ3) is 3.01. The Labute approximate surface area is 125 Å². The standard InChI is InChI=1S/C17H22N2O2/c1-13-11-16(14-5-3-4-6-15(14)19-13)18-12-17(20-2)7-9-21-10-8-17/h3-6,11H,7-10,12H2,1-2H3,(H,18,19). The summed E-state index contributed by atoms with van der Waals surface area (Å²) < 4.78 is 11.2. The molecule has 1 aromatic heterocycles. The number of anilines is 1. The Bertz CT molecular complexity index is 621. The Hall–Kier alpha value is -1.65. The van der Waals surface area contributed by atoms with Crippen molar-refractivity contribution in [2.75, 3.05) is 32.2 Å². The summed E-state index contributed by atoms with van der Waals surface area (Å²) in [5.74, 6) is 0. The number of nitrogens with zero attached hydrogens (tertiary/aromatic N) is 1. The van der Waals surface area contributed by atoms with E-state index in [1.165, 1.54) is 0 Å². The zero-order valence-electron chi connectivity index (χ0n) is 12.7. The number of aromatic nitrogens is 1. The SMILES string of the molecule is COC1(CNc2cc(C)nc3ccccc23)CCOCC1. The summed E-state index contributed by atoms with van der Waals surface area (Å²) in [4.78, 5) is 4.58. The molecule has 0 atom stereocenters. The average molecular weight is 286 g/mol. The number of hydrogen-bond donors (Lipinski definition) is 1. The first-order valence-corrected chi connectivity index (χ1v) is 7.46. The highest BCUT2D eigenvalue weighted by atomic mass is 16.5. The lowest BCUT2D eigenvalue weighted by molar-refractivity contribution is -0.0807. The van der Waals surface area contributed by atoms with Crippen molar-refractivity contribution in [3.63, 3.8) is 0 Å². The minimum absolute atomic E-state index is 0.128. The van der Waals surface area contributed by atoms with E-state index in [1.54, 1.807) is 7.11 Å². The normalized spacial score (nSPS) is 17.8. The minimum Gasteiger partial charge on any atom is -0.382 e. The number of methoxy groups -OCH3 is 1. The smallest absolute Gasteiger partial charge is 0.0893 e. The number of rotatable bonds is 4. The molecule has 0 spiro atoms. The van der Waals surface area contributed by atoms with Gasteiger partial charge in [0.1, 0.15) is 0 Å². The Kier molecular flexibility index (Phi) is 4.08. The zero-order valence-corrected chi connectivity index (χ0v) is 12.7. The van der Waals surface area contributed by atoms with Gasteiger partial charge >= 0.3 is 0 Å². The average Bonchev–Trinajstić information content (AvgIpc) is 2.53. The molecule has 1 aliphatic rings. The van der Waals surface area contributed by atoms with Gasteiger partial charge in [-0.15, -0.1) is 0 Å². The van der Waals surface area contributed by atoms with Crippen molar-refractivity contribution in [1.82, 2.24) is 4.98 Å². The van der Waals surface area contributed by atoms with Gasteiger partial charge in [-0.25, -0.2) is 0 Å². The summed E-state index contributed by atoms with van der Waals surface area (Å²) in [6.07, 6.45) is 1.86. The molecule has 0 amide bonds. The van der Waals surface area contributed by atoms with Gasteiger partial charge in [-0.05, 0) is 19.1 Å². The highest BCUT2D eigenvalue weighted by Gasteiger charge is 2.32. The third-order valence-corrected chi connectivity index (χ3v) is 4.28. The fourth-order valence-electron chi connectivity index (χ4n) is 2.91. The van der Waals surface area contributed by atoms with E-state index in [4.69, 9.17) is 9.47 Å². The van der Waals surface area contributed by atoms with Crippen LogP contribution in [0.5, 0.6) is 0 Å². The van der Waals surface area contributed by atoms with E-state index in [2.05, 4.69) is 22.4 Å². The summed E-state index contributed by atoms with van der Waals surface area (Å²) in [5, 5.41) is 4.72. The van der Waals surface area contributed by atoms with Gasteiger partial charge in [-0.1, -0.05) is 18.2 Å². The number of fused-ring (bicyclic) bond motifs is 1. The molecule has 1 fully saturated rings. The van der Waals surface area contributed by atoms with Crippen LogP contribution < -0.4 is 5.32 Å². The van der Waals surface area contributed by atoms with Crippen molar-refractivity contribution in [2.45, 2.75) is 25.4 Å². The molecule has 21 heavy (non-hydrogen) atoms. The zero-order chi connectivity index (χ0) is 14.7. The topological polar surface area (TPSA) is 43.4 Å². The van der Waals surface area contributed by atoms with Gasteiger partial charge in [0.15, 0.2) is 0 Å².